The molecule has 2 unspecified atom stereocenters. The molecule has 0 aliphatic carbocycles. The minimum Gasteiger partial charge on any atom is -0.309 e. The summed E-state index contributed by atoms with van der Waals surface area (Å²) >= 11 is 2.27. The second kappa shape index (κ2) is 7.29. The molecule has 1 aliphatic rings. The summed E-state index contributed by atoms with van der Waals surface area (Å²) in [6.45, 7) is 15.8. The van der Waals surface area contributed by atoms with Crippen LogP contribution in [0.2, 0.25) is 0 Å². The Labute approximate surface area is 125 Å². The SMILES string of the molecule is C=C(C)C1=CC(C(=C)C[C@H](C)/C=C\I)C(C)NC1. The molecule has 1 rings (SSSR count). The molecule has 1 aliphatic heterocycles. The highest BCUT2D eigenvalue weighted by Gasteiger charge is 2.23. The predicted molar refractivity (Wildman–Crippen MR) is 89.9 cm³/mol. The third kappa shape index (κ3) is 4.39. The Hall–Kier alpha value is -0.350. The van der Waals surface area contributed by atoms with E-state index in [1.165, 1.54) is 11.1 Å². The predicted octanol–water partition coefficient (Wildman–Crippen LogP) is 4.63. The van der Waals surface area contributed by atoms with Crippen molar-refractivity contribution in [2.75, 3.05) is 6.54 Å². The number of rotatable bonds is 5. The van der Waals surface area contributed by atoms with E-state index in [2.05, 4.69) is 78.1 Å². The fourth-order valence-corrected chi connectivity index (χ4v) is 3.03. The molecular formula is C16H24IN. The Morgan fingerprint density at radius 1 is 1.61 bits per heavy atom. The molecule has 0 spiro atoms. The van der Waals surface area contributed by atoms with E-state index in [9.17, 15) is 0 Å². The third-order valence-electron chi connectivity index (χ3n) is 3.54. The number of allylic oxidation sites excluding steroid dienone is 1. The van der Waals surface area contributed by atoms with E-state index < -0.39 is 0 Å². The van der Waals surface area contributed by atoms with Gasteiger partial charge in [0.05, 0.1) is 0 Å². The molecule has 0 radical (unpaired) electrons. The van der Waals surface area contributed by atoms with E-state index in [1.54, 1.807) is 0 Å². The molecule has 0 bridgehead atoms. The van der Waals surface area contributed by atoms with Gasteiger partial charge in [0.15, 0.2) is 0 Å². The summed E-state index contributed by atoms with van der Waals surface area (Å²) in [4.78, 5) is 0. The second-order valence-corrected chi connectivity index (χ2v) is 6.04. The molecule has 2 heteroatoms. The molecule has 0 aromatic heterocycles. The summed E-state index contributed by atoms with van der Waals surface area (Å²) in [7, 11) is 0. The third-order valence-corrected chi connectivity index (χ3v) is 3.95. The average molecular weight is 357 g/mol. The Bertz CT molecular complexity index is 379. The minimum atomic E-state index is 0.426. The standard InChI is InChI=1S/C16H24IN/c1-11(2)15-9-16(14(5)18-10-15)13(4)8-12(3)6-7-17/h6-7,9,12,14,16,18H,1,4,8,10H2,2-3,5H3/b7-6-/t12-,14?,16?/m1/s1. The van der Waals surface area contributed by atoms with Crippen molar-refractivity contribution in [1.82, 2.24) is 5.32 Å². The van der Waals surface area contributed by atoms with Crippen LogP contribution in [0.4, 0.5) is 0 Å². The van der Waals surface area contributed by atoms with Gasteiger partial charge in [0.2, 0.25) is 0 Å². The Morgan fingerprint density at radius 2 is 2.28 bits per heavy atom. The molecule has 100 valence electrons. The lowest BCUT2D eigenvalue weighted by Crippen LogP contribution is -2.39. The normalized spacial score (nSPS) is 25.9. The average Bonchev–Trinajstić information content (AvgIpc) is 2.29. The first-order valence-electron chi connectivity index (χ1n) is 6.50. The molecule has 18 heavy (non-hydrogen) atoms. The first kappa shape index (κ1) is 15.7. The van der Waals surface area contributed by atoms with Crippen molar-refractivity contribution >= 4 is 22.6 Å². The Morgan fingerprint density at radius 3 is 2.83 bits per heavy atom. The van der Waals surface area contributed by atoms with Crippen LogP contribution in [0.3, 0.4) is 0 Å². The van der Waals surface area contributed by atoms with Gasteiger partial charge < -0.3 is 5.32 Å². The summed E-state index contributed by atoms with van der Waals surface area (Å²) in [6, 6.07) is 0.469. The summed E-state index contributed by atoms with van der Waals surface area (Å²) in [5.41, 5.74) is 3.80. The lowest BCUT2D eigenvalue weighted by atomic mass is 9.83. The van der Waals surface area contributed by atoms with E-state index >= 15 is 0 Å². The molecule has 0 amide bonds. The number of halogens is 1. The molecular weight excluding hydrogens is 333 g/mol. The smallest absolute Gasteiger partial charge is 0.0207 e. The van der Waals surface area contributed by atoms with Gasteiger partial charge in [-0.1, -0.05) is 66.0 Å². The fraction of sp³-hybridized carbons (Fsp3) is 0.500. The highest BCUT2D eigenvalue weighted by atomic mass is 127. The minimum absolute atomic E-state index is 0.426. The van der Waals surface area contributed by atoms with Crippen LogP contribution in [0.15, 0.2) is 46.1 Å². The van der Waals surface area contributed by atoms with Crippen molar-refractivity contribution in [2.45, 2.75) is 33.2 Å². The zero-order valence-corrected chi connectivity index (χ0v) is 13.8. The molecule has 0 saturated heterocycles. The first-order chi connectivity index (χ1) is 8.45. The van der Waals surface area contributed by atoms with Crippen molar-refractivity contribution in [3.63, 3.8) is 0 Å². The van der Waals surface area contributed by atoms with Crippen LogP contribution < -0.4 is 5.32 Å². The van der Waals surface area contributed by atoms with E-state index in [0.29, 0.717) is 17.9 Å². The number of hydrogen-bond acceptors (Lipinski definition) is 1. The van der Waals surface area contributed by atoms with Crippen LogP contribution in [-0.2, 0) is 0 Å². The van der Waals surface area contributed by atoms with E-state index in [0.717, 1.165) is 18.5 Å². The van der Waals surface area contributed by atoms with Gasteiger partial charge in [-0.2, -0.15) is 0 Å². The maximum atomic E-state index is 4.29. The second-order valence-electron chi connectivity index (χ2n) is 5.33. The van der Waals surface area contributed by atoms with Crippen molar-refractivity contribution in [3.8, 4) is 0 Å². The fourth-order valence-electron chi connectivity index (χ4n) is 2.32. The monoisotopic (exact) mass is 357 g/mol. The van der Waals surface area contributed by atoms with Gasteiger partial charge in [-0.25, -0.2) is 0 Å². The van der Waals surface area contributed by atoms with Crippen LogP contribution in [0.25, 0.3) is 0 Å². The lowest BCUT2D eigenvalue weighted by molar-refractivity contribution is 0.454. The van der Waals surface area contributed by atoms with Crippen LogP contribution in [0.1, 0.15) is 27.2 Å². The first-order valence-corrected chi connectivity index (χ1v) is 7.74. The van der Waals surface area contributed by atoms with Crippen LogP contribution >= 0.6 is 22.6 Å². The van der Waals surface area contributed by atoms with Gasteiger partial charge in [0.1, 0.15) is 0 Å². The lowest BCUT2D eigenvalue weighted by Gasteiger charge is -2.31. The van der Waals surface area contributed by atoms with Gasteiger partial charge in [-0.05, 0) is 35.8 Å². The van der Waals surface area contributed by atoms with Crippen LogP contribution in [0.5, 0.6) is 0 Å². The largest absolute Gasteiger partial charge is 0.309 e. The Balaban J connectivity index is 2.76. The summed E-state index contributed by atoms with van der Waals surface area (Å²) in [5.74, 6) is 0.987. The number of nitrogens with one attached hydrogen (secondary N) is 1. The maximum absolute atomic E-state index is 4.29. The molecule has 0 aromatic carbocycles. The molecule has 0 aromatic rings. The van der Waals surface area contributed by atoms with Crippen molar-refractivity contribution in [3.05, 3.63) is 46.1 Å². The zero-order chi connectivity index (χ0) is 13.7. The molecule has 3 atom stereocenters. The van der Waals surface area contributed by atoms with Gasteiger partial charge in [0, 0.05) is 18.5 Å². The quantitative estimate of drug-likeness (QED) is 0.559. The Kier molecular flexibility index (Phi) is 6.36. The van der Waals surface area contributed by atoms with Gasteiger partial charge in [-0.3, -0.25) is 0 Å². The van der Waals surface area contributed by atoms with E-state index in [-0.39, 0.29) is 0 Å². The molecule has 1 heterocycles. The molecule has 0 saturated carbocycles. The van der Waals surface area contributed by atoms with Gasteiger partial charge in [0.25, 0.3) is 0 Å². The van der Waals surface area contributed by atoms with Gasteiger partial charge in [-0.15, -0.1) is 0 Å². The van der Waals surface area contributed by atoms with Crippen LogP contribution in [0, 0.1) is 11.8 Å². The molecule has 1 nitrogen and oxygen atoms in total. The van der Waals surface area contributed by atoms with Crippen LogP contribution in [-0.4, -0.2) is 12.6 Å². The van der Waals surface area contributed by atoms with Crippen molar-refractivity contribution < 1.29 is 0 Å². The van der Waals surface area contributed by atoms with Crippen molar-refractivity contribution in [2.24, 2.45) is 11.8 Å². The van der Waals surface area contributed by atoms with Crippen molar-refractivity contribution in [1.29, 1.82) is 0 Å². The highest BCUT2D eigenvalue weighted by Crippen LogP contribution is 2.28. The van der Waals surface area contributed by atoms with Gasteiger partial charge >= 0.3 is 0 Å². The van der Waals surface area contributed by atoms with E-state index in [4.69, 9.17) is 0 Å². The summed E-state index contributed by atoms with van der Waals surface area (Å²) in [6.07, 6.45) is 5.64. The maximum Gasteiger partial charge on any atom is 0.0207 e. The zero-order valence-electron chi connectivity index (χ0n) is 11.7. The highest BCUT2D eigenvalue weighted by molar-refractivity contribution is 14.1. The molecule has 0 fully saturated rings. The molecule has 1 N–H and O–H groups in total. The topological polar surface area (TPSA) is 12.0 Å². The van der Waals surface area contributed by atoms with E-state index in [1.807, 2.05) is 0 Å². The number of hydrogen-bond donors (Lipinski definition) is 1. The summed E-state index contributed by atoms with van der Waals surface area (Å²) < 4.78 is 2.09. The summed E-state index contributed by atoms with van der Waals surface area (Å²) in [5, 5.41) is 3.54.